The highest BCUT2D eigenvalue weighted by molar-refractivity contribution is 5.99. The largest absolute Gasteiger partial charge is 0.466 e. The molecule has 106 valence electrons. The molecule has 0 heterocycles. The lowest BCUT2D eigenvalue weighted by molar-refractivity contribution is -0.136. The highest BCUT2D eigenvalue weighted by atomic mass is 16.5. The smallest absolute Gasteiger partial charge is 0.334 e. The number of methoxy groups -OCH3 is 1. The van der Waals surface area contributed by atoms with Crippen molar-refractivity contribution in [2.75, 3.05) is 7.11 Å². The molecule has 2 nitrogen and oxygen atoms in total. The lowest BCUT2D eigenvalue weighted by Gasteiger charge is -2.10. The Bertz CT molecular complexity index is 656. The molecule has 1 aliphatic carbocycles. The van der Waals surface area contributed by atoms with Gasteiger partial charge in [-0.25, -0.2) is 4.79 Å². The second kappa shape index (κ2) is 5.96. The van der Waals surface area contributed by atoms with Crippen molar-refractivity contribution in [3.05, 3.63) is 77.4 Å². The maximum atomic E-state index is 12.1. The third kappa shape index (κ3) is 2.75. The van der Waals surface area contributed by atoms with Crippen LogP contribution in [0, 0.1) is 0 Å². The summed E-state index contributed by atoms with van der Waals surface area (Å²) in [6, 6.07) is 20.5. The summed E-state index contributed by atoms with van der Waals surface area (Å²) in [5.41, 5.74) is 4.34. The van der Waals surface area contributed by atoms with Gasteiger partial charge < -0.3 is 4.74 Å². The molecule has 0 N–H and O–H groups in total. The first kappa shape index (κ1) is 13.6. The molecule has 0 saturated heterocycles. The van der Waals surface area contributed by atoms with Gasteiger partial charge in [0.2, 0.25) is 0 Å². The summed E-state index contributed by atoms with van der Waals surface area (Å²) in [5, 5.41) is 0. The predicted octanol–water partition coefficient (Wildman–Crippen LogP) is 4.19. The fourth-order valence-corrected chi connectivity index (χ4v) is 3.03. The van der Waals surface area contributed by atoms with Crippen LogP contribution in [-0.2, 0) is 9.53 Å². The molecule has 0 aromatic heterocycles. The van der Waals surface area contributed by atoms with Crippen molar-refractivity contribution >= 4 is 11.5 Å². The lowest BCUT2D eigenvalue weighted by Crippen LogP contribution is -2.05. The molecule has 2 aromatic carbocycles. The monoisotopic (exact) mass is 278 g/mol. The Morgan fingerprint density at radius 3 is 2.19 bits per heavy atom. The second-order valence-corrected chi connectivity index (χ2v) is 5.33. The summed E-state index contributed by atoms with van der Waals surface area (Å²) in [7, 11) is 1.45. The minimum atomic E-state index is -0.202. The number of ether oxygens (including phenoxy) is 1. The number of carbonyl (C=O) groups is 1. The molecule has 0 spiro atoms. The Balaban J connectivity index is 1.95. The van der Waals surface area contributed by atoms with Crippen molar-refractivity contribution < 1.29 is 9.53 Å². The van der Waals surface area contributed by atoms with E-state index in [-0.39, 0.29) is 5.97 Å². The Labute approximate surface area is 125 Å². The first-order valence-corrected chi connectivity index (χ1v) is 7.20. The summed E-state index contributed by atoms with van der Waals surface area (Å²) >= 11 is 0. The molecule has 1 unspecified atom stereocenters. The van der Waals surface area contributed by atoms with Crippen LogP contribution >= 0.6 is 0 Å². The van der Waals surface area contributed by atoms with Crippen LogP contribution < -0.4 is 0 Å². The molecule has 0 amide bonds. The van der Waals surface area contributed by atoms with Gasteiger partial charge in [0.25, 0.3) is 0 Å². The van der Waals surface area contributed by atoms with Crippen LogP contribution in [0.15, 0.2) is 66.2 Å². The van der Waals surface area contributed by atoms with E-state index in [0.29, 0.717) is 5.92 Å². The lowest BCUT2D eigenvalue weighted by atomic mass is 9.94. The summed E-state index contributed by atoms with van der Waals surface area (Å²) in [5.74, 6) is 0.155. The zero-order valence-electron chi connectivity index (χ0n) is 12.1. The summed E-state index contributed by atoms with van der Waals surface area (Å²) < 4.78 is 4.97. The van der Waals surface area contributed by atoms with Crippen LogP contribution in [0.1, 0.15) is 29.9 Å². The van der Waals surface area contributed by atoms with Gasteiger partial charge in [0.15, 0.2) is 0 Å². The van der Waals surface area contributed by atoms with E-state index in [1.807, 2.05) is 36.4 Å². The normalized spacial score (nSPS) is 17.9. The third-order valence-electron chi connectivity index (χ3n) is 4.09. The Morgan fingerprint density at radius 2 is 1.57 bits per heavy atom. The van der Waals surface area contributed by atoms with Crippen LogP contribution in [0.5, 0.6) is 0 Å². The number of allylic oxidation sites excluding steroid dienone is 1. The molecule has 0 saturated carbocycles. The van der Waals surface area contributed by atoms with Gasteiger partial charge in [0, 0.05) is 5.57 Å². The molecule has 2 aromatic rings. The van der Waals surface area contributed by atoms with Crippen molar-refractivity contribution in [3.63, 3.8) is 0 Å². The zero-order valence-corrected chi connectivity index (χ0v) is 12.1. The molecule has 0 radical (unpaired) electrons. The van der Waals surface area contributed by atoms with Gasteiger partial charge >= 0.3 is 5.97 Å². The molecule has 1 atom stereocenters. The first-order chi connectivity index (χ1) is 10.3. The predicted molar refractivity (Wildman–Crippen MR) is 83.8 cm³/mol. The summed E-state index contributed by atoms with van der Waals surface area (Å²) in [6.07, 6.45) is 1.64. The van der Waals surface area contributed by atoms with E-state index in [4.69, 9.17) is 4.74 Å². The fraction of sp³-hybridized carbons (Fsp3) is 0.211. The molecule has 0 bridgehead atoms. The maximum Gasteiger partial charge on any atom is 0.334 e. The van der Waals surface area contributed by atoms with E-state index in [2.05, 4.69) is 24.3 Å². The minimum absolute atomic E-state index is 0.202. The average molecular weight is 278 g/mol. The zero-order chi connectivity index (χ0) is 14.7. The Kier molecular flexibility index (Phi) is 3.87. The molecular formula is C19H18O2. The van der Waals surface area contributed by atoms with Crippen LogP contribution in [0.4, 0.5) is 0 Å². The molecule has 21 heavy (non-hydrogen) atoms. The number of rotatable bonds is 3. The number of esters is 1. The molecule has 3 rings (SSSR count). The van der Waals surface area contributed by atoms with E-state index in [0.717, 1.165) is 29.6 Å². The van der Waals surface area contributed by atoms with Gasteiger partial charge in [0.05, 0.1) is 7.11 Å². The Morgan fingerprint density at radius 1 is 0.952 bits per heavy atom. The van der Waals surface area contributed by atoms with Gasteiger partial charge in [-0.05, 0) is 35.5 Å². The molecular weight excluding hydrogens is 260 g/mol. The fourth-order valence-electron chi connectivity index (χ4n) is 3.03. The molecule has 2 heteroatoms. The third-order valence-corrected chi connectivity index (χ3v) is 4.09. The van der Waals surface area contributed by atoms with Gasteiger partial charge in [-0.1, -0.05) is 60.7 Å². The van der Waals surface area contributed by atoms with Gasteiger partial charge in [0.1, 0.15) is 0 Å². The van der Waals surface area contributed by atoms with Gasteiger partial charge in [-0.15, -0.1) is 0 Å². The van der Waals surface area contributed by atoms with E-state index in [1.165, 1.54) is 12.7 Å². The van der Waals surface area contributed by atoms with E-state index in [9.17, 15) is 4.79 Å². The quantitative estimate of drug-likeness (QED) is 0.787. The van der Waals surface area contributed by atoms with E-state index in [1.54, 1.807) is 0 Å². The van der Waals surface area contributed by atoms with E-state index >= 15 is 0 Å². The van der Waals surface area contributed by atoms with Crippen LogP contribution in [-0.4, -0.2) is 13.1 Å². The number of hydrogen-bond donors (Lipinski definition) is 0. The standard InChI is InChI=1S/C19H18O2/c1-21-19(20)18-13-16(14-8-4-2-5-9-14)12-17(18)15-10-6-3-7-11-15/h2-11,16H,12-13H2,1H3. The average Bonchev–Trinajstić information content (AvgIpc) is 3.01. The summed E-state index contributed by atoms with van der Waals surface area (Å²) in [6.45, 7) is 0. The Hall–Kier alpha value is -2.35. The second-order valence-electron chi connectivity index (χ2n) is 5.33. The highest BCUT2D eigenvalue weighted by Gasteiger charge is 2.30. The van der Waals surface area contributed by atoms with Gasteiger partial charge in [-0.3, -0.25) is 0 Å². The topological polar surface area (TPSA) is 26.3 Å². The molecule has 1 aliphatic rings. The first-order valence-electron chi connectivity index (χ1n) is 7.20. The van der Waals surface area contributed by atoms with Gasteiger partial charge in [-0.2, -0.15) is 0 Å². The van der Waals surface area contributed by atoms with Crippen molar-refractivity contribution in [1.29, 1.82) is 0 Å². The van der Waals surface area contributed by atoms with Crippen LogP contribution in [0.2, 0.25) is 0 Å². The number of hydrogen-bond acceptors (Lipinski definition) is 2. The number of carbonyl (C=O) groups excluding carboxylic acids is 1. The van der Waals surface area contributed by atoms with Crippen LogP contribution in [0.3, 0.4) is 0 Å². The number of benzene rings is 2. The SMILES string of the molecule is COC(=O)C1=C(c2ccccc2)CC(c2ccccc2)C1. The van der Waals surface area contributed by atoms with Crippen molar-refractivity contribution in [1.82, 2.24) is 0 Å². The van der Waals surface area contributed by atoms with Crippen molar-refractivity contribution in [2.45, 2.75) is 18.8 Å². The van der Waals surface area contributed by atoms with Crippen LogP contribution in [0.25, 0.3) is 5.57 Å². The maximum absolute atomic E-state index is 12.1. The summed E-state index contributed by atoms with van der Waals surface area (Å²) in [4.78, 5) is 12.1. The molecule has 0 aliphatic heterocycles. The highest BCUT2D eigenvalue weighted by Crippen LogP contribution is 2.43. The minimum Gasteiger partial charge on any atom is -0.466 e. The van der Waals surface area contributed by atoms with E-state index < -0.39 is 0 Å². The van der Waals surface area contributed by atoms with Crippen molar-refractivity contribution in [3.8, 4) is 0 Å². The molecule has 0 fully saturated rings. The van der Waals surface area contributed by atoms with Crippen molar-refractivity contribution in [2.24, 2.45) is 0 Å².